The summed E-state index contributed by atoms with van der Waals surface area (Å²) in [5, 5.41) is 8.20. The molecule has 0 atom stereocenters. The Hall–Kier alpha value is -3.97. The number of hydrogen-bond acceptors (Lipinski definition) is 4. The molecule has 0 radical (unpaired) electrons. The molecule has 7 heteroatoms. The van der Waals surface area contributed by atoms with E-state index in [0.29, 0.717) is 36.7 Å². The van der Waals surface area contributed by atoms with Gasteiger partial charge in [-0.15, -0.1) is 0 Å². The maximum Gasteiger partial charge on any atom is 0.251 e. The number of rotatable bonds is 9. The van der Waals surface area contributed by atoms with Crippen molar-refractivity contribution < 1.29 is 19.1 Å². The molecule has 0 aliphatic carbocycles. The van der Waals surface area contributed by atoms with Crippen molar-refractivity contribution in [3.8, 4) is 0 Å². The molecular weight excluding hydrogens is 418 g/mol. The number of nitrogens with one attached hydrogen (secondary N) is 3. The summed E-state index contributed by atoms with van der Waals surface area (Å²) in [5.74, 6) is -0.870. The summed E-state index contributed by atoms with van der Waals surface area (Å²) >= 11 is 0. The van der Waals surface area contributed by atoms with E-state index in [1.165, 1.54) is 13.8 Å². The maximum absolute atomic E-state index is 12.8. The highest BCUT2D eigenvalue weighted by Crippen LogP contribution is 2.20. The molecule has 0 bridgehead atoms. The summed E-state index contributed by atoms with van der Waals surface area (Å²) in [6, 6.07) is 22.4. The first-order valence-corrected chi connectivity index (χ1v) is 10.6. The average molecular weight is 446 g/mol. The van der Waals surface area contributed by atoms with E-state index in [9.17, 15) is 14.4 Å². The van der Waals surface area contributed by atoms with Crippen LogP contribution in [-0.2, 0) is 34.1 Å². The van der Waals surface area contributed by atoms with Crippen LogP contribution in [0.1, 0.15) is 40.9 Å². The Morgan fingerprint density at radius 1 is 0.727 bits per heavy atom. The van der Waals surface area contributed by atoms with Gasteiger partial charge in [-0.25, -0.2) is 0 Å². The second kappa shape index (κ2) is 11.6. The van der Waals surface area contributed by atoms with E-state index in [2.05, 4.69) is 16.0 Å². The molecule has 0 saturated carbocycles. The number of ether oxygens (including phenoxy) is 1. The summed E-state index contributed by atoms with van der Waals surface area (Å²) in [6.45, 7) is 3.99. The Bertz CT molecular complexity index is 1100. The number of hydrogen-bond donors (Lipinski definition) is 3. The summed E-state index contributed by atoms with van der Waals surface area (Å²) < 4.78 is 5.85. The van der Waals surface area contributed by atoms with E-state index in [4.69, 9.17) is 4.74 Å². The summed E-state index contributed by atoms with van der Waals surface area (Å²) in [5.41, 5.74) is 4.20. The predicted molar refractivity (Wildman–Crippen MR) is 128 cm³/mol. The monoisotopic (exact) mass is 445 g/mol. The summed E-state index contributed by atoms with van der Waals surface area (Å²) in [4.78, 5) is 35.7. The Morgan fingerprint density at radius 2 is 1.30 bits per heavy atom. The third-order valence-corrected chi connectivity index (χ3v) is 4.76. The molecule has 0 fully saturated rings. The normalized spacial score (nSPS) is 10.4. The molecule has 7 nitrogen and oxygen atoms in total. The molecule has 0 aromatic heterocycles. The van der Waals surface area contributed by atoms with Crippen molar-refractivity contribution in [3.63, 3.8) is 0 Å². The fraction of sp³-hybridized carbons (Fsp3) is 0.192. The first-order valence-electron chi connectivity index (χ1n) is 10.6. The van der Waals surface area contributed by atoms with Crippen molar-refractivity contribution in [2.75, 3.05) is 10.6 Å². The molecule has 170 valence electrons. The van der Waals surface area contributed by atoms with Gasteiger partial charge in [0.25, 0.3) is 5.91 Å². The van der Waals surface area contributed by atoms with Crippen molar-refractivity contribution in [1.82, 2.24) is 5.32 Å². The van der Waals surface area contributed by atoms with Crippen molar-refractivity contribution in [1.29, 1.82) is 0 Å². The second-order valence-corrected chi connectivity index (χ2v) is 7.59. The minimum Gasteiger partial charge on any atom is -0.372 e. The lowest BCUT2D eigenvalue weighted by Gasteiger charge is -2.13. The fourth-order valence-electron chi connectivity index (χ4n) is 3.31. The van der Waals surface area contributed by atoms with E-state index >= 15 is 0 Å². The van der Waals surface area contributed by atoms with Gasteiger partial charge < -0.3 is 20.7 Å². The van der Waals surface area contributed by atoms with Crippen LogP contribution < -0.4 is 16.0 Å². The largest absolute Gasteiger partial charge is 0.372 e. The van der Waals surface area contributed by atoms with Crippen LogP contribution >= 0.6 is 0 Å². The fourth-order valence-corrected chi connectivity index (χ4v) is 3.31. The molecule has 0 aliphatic rings. The molecule has 3 rings (SSSR count). The maximum atomic E-state index is 12.8. The third-order valence-electron chi connectivity index (χ3n) is 4.76. The van der Waals surface area contributed by atoms with Gasteiger partial charge in [0.15, 0.2) is 0 Å². The van der Waals surface area contributed by atoms with Gasteiger partial charge >= 0.3 is 0 Å². The van der Waals surface area contributed by atoms with Gasteiger partial charge in [-0.2, -0.15) is 0 Å². The number of benzene rings is 3. The molecule has 33 heavy (non-hydrogen) atoms. The molecule has 3 aromatic carbocycles. The van der Waals surface area contributed by atoms with Crippen LogP contribution in [0.5, 0.6) is 0 Å². The number of carbonyl (C=O) groups is 3. The van der Waals surface area contributed by atoms with E-state index < -0.39 is 0 Å². The molecule has 0 saturated heterocycles. The van der Waals surface area contributed by atoms with E-state index in [1.54, 1.807) is 18.2 Å². The molecule has 0 spiro atoms. The zero-order chi connectivity index (χ0) is 23.6. The Morgan fingerprint density at radius 3 is 1.91 bits per heavy atom. The van der Waals surface area contributed by atoms with Gasteiger partial charge in [0.2, 0.25) is 11.8 Å². The van der Waals surface area contributed by atoms with Crippen molar-refractivity contribution >= 4 is 29.1 Å². The average Bonchev–Trinajstić information content (AvgIpc) is 2.78. The Kier molecular flexibility index (Phi) is 8.32. The van der Waals surface area contributed by atoms with E-state index in [1.807, 2.05) is 54.6 Å². The molecule has 3 N–H and O–H groups in total. The summed E-state index contributed by atoms with van der Waals surface area (Å²) in [7, 11) is 0. The zero-order valence-electron chi connectivity index (χ0n) is 18.7. The quantitative estimate of drug-likeness (QED) is 0.459. The SMILES string of the molecule is CC(=O)Nc1cc(NC(C)=O)cc(C(=O)NCc2ccccc2COCc2ccccc2)c1. The van der Waals surface area contributed by atoms with Gasteiger partial charge in [-0.05, 0) is 34.9 Å². The predicted octanol–water partition coefficient (Wildman–Crippen LogP) is 4.25. The van der Waals surface area contributed by atoms with E-state index in [-0.39, 0.29) is 17.7 Å². The molecule has 0 aliphatic heterocycles. The molecule has 3 amide bonds. The minimum absolute atomic E-state index is 0.272. The molecule has 3 aromatic rings. The second-order valence-electron chi connectivity index (χ2n) is 7.59. The minimum atomic E-state index is -0.325. The zero-order valence-corrected chi connectivity index (χ0v) is 18.7. The highest BCUT2D eigenvalue weighted by Gasteiger charge is 2.12. The van der Waals surface area contributed by atoms with Crippen LogP contribution in [0.15, 0.2) is 72.8 Å². The first kappa shape index (κ1) is 23.7. The first-order chi connectivity index (χ1) is 15.9. The van der Waals surface area contributed by atoms with Crippen LogP contribution in [0.2, 0.25) is 0 Å². The van der Waals surface area contributed by atoms with Gasteiger partial charge in [-0.1, -0.05) is 54.6 Å². The smallest absolute Gasteiger partial charge is 0.251 e. The van der Waals surface area contributed by atoms with Crippen LogP contribution in [0.25, 0.3) is 0 Å². The highest BCUT2D eigenvalue weighted by molar-refractivity contribution is 5.99. The van der Waals surface area contributed by atoms with Crippen molar-refractivity contribution in [2.24, 2.45) is 0 Å². The lowest BCUT2D eigenvalue weighted by atomic mass is 10.1. The topological polar surface area (TPSA) is 96.5 Å². The van der Waals surface area contributed by atoms with Crippen molar-refractivity contribution in [2.45, 2.75) is 33.6 Å². The molecule has 0 heterocycles. The van der Waals surface area contributed by atoms with Crippen LogP contribution in [-0.4, -0.2) is 17.7 Å². The lowest BCUT2D eigenvalue weighted by Crippen LogP contribution is -2.24. The number of anilines is 2. The lowest BCUT2D eigenvalue weighted by molar-refractivity contribution is -0.115. The van der Waals surface area contributed by atoms with Crippen LogP contribution in [0.3, 0.4) is 0 Å². The Balaban J connectivity index is 1.66. The Labute approximate surface area is 193 Å². The van der Waals surface area contributed by atoms with Gasteiger partial charge in [0, 0.05) is 37.3 Å². The number of carbonyl (C=O) groups excluding carboxylic acids is 3. The van der Waals surface area contributed by atoms with E-state index in [0.717, 1.165) is 16.7 Å². The van der Waals surface area contributed by atoms with Crippen molar-refractivity contribution in [3.05, 3.63) is 95.1 Å². The van der Waals surface area contributed by atoms with Gasteiger partial charge in [0.05, 0.1) is 13.2 Å². The van der Waals surface area contributed by atoms with Gasteiger partial charge in [0.1, 0.15) is 0 Å². The molecular formula is C26H27N3O4. The standard InChI is InChI=1S/C26H27N3O4/c1-18(30)28-24-12-23(13-25(14-24)29-19(2)31)26(32)27-15-21-10-6-7-11-22(21)17-33-16-20-8-4-3-5-9-20/h3-14H,15-17H2,1-2H3,(H,27,32)(H,28,30)(H,29,31). The molecule has 0 unspecified atom stereocenters. The third kappa shape index (κ3) is 7.59. The van der Waals surface area contributed by atoms with Gasteiger partial charge in [-0.3, -0.25) is 14.4 Å². The number of amides is 3. The summed E-state index contributed by atoms with van der Waals surface area (Å²) in [6.07, 6.45) is 0. The van der Waals surface area contributed by atoms with Crippen LogP contribution in [0, 0.1) is 0 Å². The van der Waals surface area contributed by atoms with Crippen LogP contribution in [0.4, 0.5) is 11.4 Å². The highest BCUT2D eigenvalue weighted by atomic mass is 16.5.